The summed E-state index contributed by atoms with van der Waals surface area (Å²) in [5.41, 5.74) is 3.18. The summed E-state index contributed by atoms with van der Waals surface area (Å²) >= 11 is 0. The number of benzene rings is 2. The Kier molecular flexibility index (Phi) is 5.22. The average Bonchev–Trinajstić information content (AvgIpc) is 3.43. The van der Waals surface area contributed by atoms with Crippen molar-refractivity contribution in [2.75, 3.05) is 31.7 Å². The van der Waals surface area contributed by atoms with E-state index in [9.17, 15) is 0 Å². The van der Waals surface area contributed by atoms with Gasteiger partial charge in [-0.25, -0.2) is 0 Å². The van der Waals surface area contributed by atoms with Crippen molar-refractivity contribution in [3.63, 3.8) is 0 Å². The number of ether oxygens (including phenoxy) is 2. The molecule has 6 nitrogen and oxygen atoms in total. The third kappa shape index (κ3) is 3.58. The Labute approximate surface area is 175 Å². The minimum Gasteiger partial charge on any atom is -0.493 e. The van der Waals surface area contributed by atoms with Gasteiger partial charge in [-0.05, 0) is 55.9 Å². The Hall–Kier alpha value is -3.15. The molecule has 30 heavy (non-hydrogen) atoms. The second kappa shape index (κ2) is 8.30. The van der Waals surface area contributed by atoms with Crippen LogP contribution in [-0.4, -0.2) is 36.9 Å². The molecular formula is C24H27N3O3. The van der Waals surface area contributed by atoms with Crippen LogP contribution in [0.4, 0.5) is 5.82 Å². The number of H-pyrrole nitrogens is 1. The van der Waals surface area contributed by atoms with Crippen LogP contribution in [0.2, 0.25) is 0 Å². The van der Waals surface area contributed by atoms with E-state index in [1.54, 1.807) is 7.11 Å². The number of aryl methyl sites for hydroxylation is 1. The maximum Gasteiger partial charge on any atom is 0.180 e. The van der Waals surface area contributed by atoms with Gasteiger partial charge < -0.3 is 23.9 Å². The fourth-order valence-corrected chi connectivity index (χ4v) is 4.35. The van der Waals surface area contributed by atoms with Gasteiger partial charge in [-0.3, -0.25) is 0 Å². The minimum absolute atomic E-state index is 0.614. The van der Waals surface area contributed by atoms with Gasteiger partial charge in [0.25, 0.3) is 0 Å². The summed E-state index contributed by atoms with van der Waals surface area (Å²) < 4.78 is 17.2. The monoisotopic (exact) mass is 405 g/mol. The molecule has 5 rings (SSSR count). The lowest BCUT2D eigenvalue weighted by molar-refractivity contribution is 0.290. The minimum atomic E-state index is 0.614. The van der Waals surface area contributed by atoms with E-state index in [-0.39, 0.29) is 0 Å². The number of aromatic amines is 1. The van der Waals surface area contributed by atoms with Gasteiger partial charge in [-0.2, -0.15) is 0 Å². The molecule has 0 bridgehead atoms. The summed E-state index contributed by atoms with van der Waals surface area (Å²) in [6.45, 7) is 2.73. The number of aromatic nitrogens is 2. The fraction of sp³-hybridized carbons (Fsp3) is 0.375. The van der Waals surface area contributed by atoms with Gasteiger partial charge in [0.1, 0.15) is 0 Å². The van der Waals surface area contributed by atoms with Gasteiger partial charge in [0, 0.05) is 36.3 Å². The van der Waals surface area contributed by atoms with E-state index < -0.39 is 0 Å². The maximum atomic E-state index is 6.07. The molecule has 1 aliphatic heterocycles. The molecule has 1 saturated heterocycles. The Morgan fingerprint density at radius 2 is 2.00 bits per heavy atom. The number of nitrogens with zero attached hydrogens (tertiary/aromatic N) is 2. The molecule has 156 valence electrons. The van der Waals surface area contributed by atoms with E-state index in [1.165, 1.54) is 24.8 Å². The highest BCUT2D eigenvalue weighted by atomic mass is 16.5. The predicted octanol–water partition coefficient (Wildman–Crippen LogP) is 5.32. The molecule has 2 aromatic heterocycles. The number of anilines is 1. The molecule has 2 aromatic carbocycles. The molecule has 0 atom stereocenters. The highest BCUT2D eigenvalue weighted by molar-refractivity contribution is 5.91. The topological polar surface area (TPSA) is 63.5 Å². The molecule has 0 spiro atoms. The summed E-state index contributed by atoms with van der Waals surface area (Å²) in [7, 11) is 1.68. The first-order chi connectivity index (χ1) is 14.8. The van der Waals surface area contributed by atoms with E-state index in [4.69, 9.17) is 14.0 Å². The average molecular weight is 405 g/mol. The zero-order valence-electron chi connectivity index (χ0n) is 17.3. The van der Waals surface area contributed by atoms with Crippen molar-refractivity contribution in [1.82, 2.24) is 10.1 Å². The second-order valence-corrected chi connectivity index (χ2v) is 7.86. The Balaban J connectivity index is 1.29. The van der Waals surface area contributed by atoms with Crippen LogP contribution in [-0.2, 0) is 6.42 Å². The number of rotatable bonds is 7. The lowest BCUT2D eigenvalue weighted by Crippen LogP contribution is -2.29. The molecule has 0 amide bonds. The highest BCUT2D eigenvalue weighted by Crippen LogP contribution is 2.33. The van der Waals surface area contributed by atoms with Crippen molar-refractivity contribution in [3.05, 3.63) is 48.2 Å². The standard InChI is InChI=1S/C24H27N3O3/c1-28-21-15-18-10-11-25-19(18)16-22(21)29-14-6-8-17-7-5-9-20-23(17)24(26-30-20)27-12-3-2-4-13-27/h5,7,9-11,15-16,25H,2-4,6,8,12-14H2,1H3. The van der Waals surface area contributed by atoms with Crippen LogP contribution in [0, 0.1) is 0 Å². The Bertz CT molecular complexity index is 1140. The van der Waals surface area contributed by atoms with Gasteiger partial charge in [0.05, 0.1) is 19.1 Å². The largest absolute Gasteiger partial charge is 0.493 e. The number of piperidine rings is 1. The maximum absolute atomic E-state index is 6.07. The number of fused-ring (bicyclic) bond motifs is 2. The third-order valence-corrected chi connectivity index (χ3v) is 5.91. The highest BCUT2D eigenvalue weighted by Gasteiger charge is 2.20. The molecule has 0 radical (unpaired) electrons. The number of methoxy groups -OCH3 is 1. The summed E-state index contributed by atoms with van der Waals surface area (Å²) in [6, 6.07) is 12.3. The first kappa shape index (κ1) is 18.9. The van der Waals surface area contributed by atoms with Crippen molar-refractivity contribution < 1.29 is 14.0 Å². The van der Waals surface area contributed by atoms with E-state index in [0.29, 0.717) is 6.61 Å². The number of nitrogens with one attached hydrogen (secondary N) is 1. The number of hydrogen-bond donors (Lipinski definition) is 1. The van der Waals surface area contributed by atoms with Crippen molar-refractivity contribution >= 4 is 27.7 Å². The lowest BCUT2D eigenvalue weighted by Gasteiger charge is -2.26. The second-order valence-electron chi connectivity index (χ2n) is 7.86. The zero-order chi connectivity index (χ0) is 20.3. The molecule has 0 saturated carbocycles. The van der Waals surface area contributed by atoms with Gasteiger partial charge in [-0.15, -0.1) is 0 Å². The normalized spacial score (nSPS) is 14.5. The van der Waals surface area contributed by atoms with Crippen molar-refractivity contribution in [1.29, 1.82) is 0 Å². The third-order valence-electron chi connectivity index (χ3n) is 5.91. The van der Waals surface area contributed by atoms with E-state index >= 15 is 0 Å². The fourth-order valence-electron chi connectivity index (χ4n) is 4.35. The number of hydrogen-bond acceptors (Lipinski definition) is 5. The summed E-state index contributed by atoms with van der Waals surface area (Å²) in [6.07, 6.45) is 7.47. The molecule has 6 heteroatoms. The van der Waals surface area contributed by atoms with Crippen LogP contribution >= 0.6 is 0 Å². The molecule has 0 unspecified atom stereocenters. The van der Waals surface area contributed by atoms with Crippen LogP contribution in [0.3, 0.4) is 0 Å². The van der Waals surface area contributed by atoms with Gasteiger partial charge >= 0.3 is 0 Å². The molecule has 3 heterocycles. The molecule has 1 fully saturated rings. The van der Waals surface area contributed by atoms with Crippen LogP contribution < -0.4 is 14.4 Å². The van der Waals surface area contributed by atoms with E-state index in [1.807, 2.05) is 36.5 Å². The van der Waals surface area contributed by atoms with Crippen LogP contribution in [0.15, 0.2) is 47.1 Å². The zero-order valence-corrected chi connectivity index (χ0v) is 17.3. The Morgan fingerprint density at radius 3 is 2.87 bits per heavy atom. The van der Waals surface area contributed by atoms with Crippen molar-refractivity contribution in [2.24, 2.45) is 0 Å². The van der Waals surface area contributed by atoms with Crippen molar-refractivity contribution in [3.8, 4) is 11.5 Å². The van der Waals surface area contributed by atoms with Gasteiger partial charge in [0.15, 0.2) is 22.9 Å². The first-order valence-electron chi connectivity index (χ1n) is 10.7. The molecular weight excluding hydrogens is 378 g/mol. The van der Waals surface area contributed by atoms with Gasteiger partial charge in [0.2, 0.25) is 0 Å². The lowest BCUT2D eigenvalue weighted by atomic mass is 10.0. The smallest absolute Gasteiger partial charge is 0.180 e. The molecule has 1 aliphatic rings. The molecule has 1 N–H and O–H groups in total. The molecule has 0 aliphatic carbocycles. The van der Waals surface area contributed by atoms with Crippen LogP contribution in [0.5, 0.6) is 11.5 Å². The quantitative estimate of drug-likeness (QED) is 0.422. The van der Waals surface area contributed by atoms with Crippen molar-refractivity contribution in [2.45, 2.75) is 32.1 Å². The SMILES string of the molecule is COc1cc2cc[nH]c2cc1OCCCc1cccc2onc(N3CCCCC3)c12. The van der Waals surface area contributed by atoms with Crippen LogP contribution in [0.1, 0.15) is 31.2 Å². The summed E-state index contributed by atoms with van der Waals surface area (Å²) in [4.78, 5) is 5.59. The molecule has 4 aromatic rings. The first-order valence-corrected chi connectivity index (χ1v) is 10.7. The van der Waals surface area contributed by atoms with E-state index in [2.05, 4.69) is 21.1 Å². The van der Waals surface area contributed by atoms with E-state index in [0.717, 1.165) is 65.1 Å². The van der Waals surface area contributed by atoms with Gasteiger partial charge in [-0.1, -0.05) is 17.3 Å². The summed E-state index contributed by atoms with van der Waals surface area (Å²) in [5.74, 6) is 2.53. The van der Waals surface area contributed by atoms with Crippen LogP contribution in [0.25, 0.3) is 21.9 Å². The Morgan fingerprint density at radius 1 is 1.10 bits per heavy atom. The summed E-state index contributed by atoms with van der Waals surface area (Å²) in [5, 5.41) is 6.67. The predicted molar refractivity (Wildman–Crippen MR) is 119 cm³/mol.